The molecule has 1 saturated carbocycles. The van der Waals surface area contributed by atoms with E-state index in [1.54, 1.807) is 18.2 Å². The van der Waals surface area contributed by atoms with Crippen molar-refractivity contribution in [1.29, 1.82) is 0 Å². The van der Waals surface area contributed by atoms with Gasteiger partial charge in [-0.1, -0.05) is 51.3 Å². The minimum atomic E-state index is -0.378. The van der Waals surface area contributed by atoms with Crippen molar-refractivity contribution in [3.63, 3.8) is 0 Å². The molecule has 0 aromatic heterocycles. The van der Waals surface area contributed by atoms with Gasteiger partial charge < -0.3 is 10.6 Å². The maximum Gasteiger partial charge on any atom is 0.323 e. The van der Waals surface area contributed by atoms with Gasteiger partial charge in [-0.3, -0.25) is 14.5 Å². The zero-order valence-corrected chi connectivity index (χ0v) is 18.1. The number of hydrogen-bond acceptors (Lipinski definition) is 3. The van der Waals surface area contributed by atoms with E-state index in [9.17, 15) is 14.4 Å². The summed E-state index contributed by atoms with van der Waals surface area (Å²) in [6.07, 6.45) is 5.96. The van der Waals surface area contributed by atoms with E-state index in [1.165, 1.54) is 4.90 Å². The van der Waals surface area contributed by atoms with Crippen LogP contribution in [0.2, 0.25) is 0 Å². The van der Waals surface area contributed by atoms with Crippen LogP contribution in [0.25, 0.3) is 0 Å². The second kappa shape index (κ2) is 8.92. The van der Waals surface area contributed by atoms with Crippen molar-refractivity contribution >= 4 is 29.2 Å². The first-order valence-electron chi connectivity index (χ1n) is 11.2. The lowest BCUT2D eigenvalue weighted by Gasteiger charge is -2.29. The van der Waals surface area contributed by atoms with Crippen molar-refractivity contribution in [3.05, 3.63) is 59.2 Å². The fourth-order valence-electron chi connectivity index (χ4n) is 4.55. The van der Waals surface area contributed by atoms with Crippen LogP contribution in [0.4, 0.5) is 16.2 Å². The summed E-state index contributed by atoms with van der Waals surface area (Å²) in [7, 11) is 0. The third-order valence-electron chi connectivity index (χ3n) is 6.47. The average molecular weight is 420 g/mol. The normalized spacial score (nSPS) is 17.4. The number of rotatable bonds is 5. The number of imide groups is 1. The molecule has 162 valence electrons. The molecule has 2 aromatic carbocycles. The van der Waals surface area contributed by atoms with Crippen LogP contribution in [-0.2, 0) is 0 Å². The van der Waals surface area contributed by atoms with Crippen LogP contribution < -0.4 is 10.6 Å². The van der Waals surface area contributed by atoms with Crippen LogP contribution in [0.1, 0.15) is 84.6 Å². The van der Waals surface area contributed by atoms with E-state index in [1.807, 2.05) is 24.3 Å². The maximum absolute atomic E-state index is 13.0. The Morgan fingerprint density at radius 3 is 2.45 bits per heavy atom. The number of anilines is 2. The summed E-state index contributed by atoms with van der Waals surface area (Å²) >= 11 is 0. The Morgan fingerprint density at radius 2 is 1.71 bits per heavy atom. The quantitative estimate of drug-likeness (QED) is 0.604. The largest absolute Gasteiger partial charge is 0.323 e. The van der Waals surface area contributed by atoms with Gasteiger partial charge in [-0.25, -0.2) is 4.79 Å². The number of carbonyl (C=O) groups is 3. The number of urea groups is 1. The second-order valence-electron chi connectivity index (χ2n) is 8.51. The Bertz CT molecular complexity index is 1010. The van der Waals surface area contributed by atoms with Crippen molar-refractivity contribution < 1.29 is 14.4 Å². The lowest BCUT2D eigenvalue weighted by molar-refractivity contribution is 0.0549. The molecule has 0 bridgehead atoms. The number of para-hydroxylation sites is 1. The van der Waals surface area contributed by atoms with Gasteiger partial charge in [0, 0.05) is 17.4 Å². The van der Waals surface area contributed by atoms with E-state index in [-0.39, 0.29) is 23.9 Å². The van der Waals surface area contributed by atoms with Gasteiger partial charge in [0.25, 0.3) is 11.8 Å². The number of nitrogens with one attached hydrogen (secondary N) is 2. The second-order valence-corrected chi connectivity index (χ2v) is 8.51. The van der Waals surface area contributed by atoms with Crippen molar-refractivity contribution in [1.82, 2.24) is 4.90 Å². The predicted octanol–water partition coefficient (Wildman–Crippen LogP) is 5.77. The third-order valence-corrected chi connectivity index (χ3v) is 6.47. The summed E-state index contributed by atoms with van der Waals surface area (Å²) < 4.78 is 0. The smallest absolute Gasteiger partial charge is 0.308 e. The zero-order valence-electron chi connectivity index (χ0n) is 18.1. The van der Waals surface area contributed by atoms with Gasteiger partial charge in [-0.2, -0.15) is 0 Å². The first-order chi connectivity index (χ1) is 15.0. The van der Waals surface area contributed by atoms with Crippen LogP contribution in [0, 0.1) is 0 Å². The Kier molecular flexibility index (Phi) is 6.07. The van der Waals surface area contributed by atoms with E-state index in [4.69, 9.17) is 0 Å². The topological polar surface area (TPSA) is 78.5 Å². The highest BCUT2D eigenvalue weighted by Gasteiger charge is 2.40. The molecule has 1 atom stereocenters. The Hall–Kier alpha value is -3.15. The lowest BCUT2D eigenvalue weighted by atomic mass is 9.94. The molecule has 6 nitrogen and oxygen atoms in total. The SMILES string of the molecule is CCC(C)c1ccccc1NC(=O)Nc1ccc2c(c1)C(=O)N(C1CCCCC1)C2=O. The molecule has 2 aliphatic rings. The predicted molar refractivity (Wildman–Crippen MR) is 122 cm³/mol. The highest BCUT2D eigenvalue weighted by molar-refractivity contribution is 6.22. The molecule has 6 heteroatoms. The number of fused-ring (bicyclic) bond motifs is 1. The lowest BCUT2D eigenvalue weighted by Crippen LogP contribution is -2.40. The van der Waals surface area contributed by atoms with Crippen LogP contribution >= 0.6 is 0 Å². The van der Waals surface area contributed by atoms with Gasteiger partial charge >= 0.3 is 6.03 Å². The van der Waals surface area contributed by atoms with E-state index in [0.717, 1.165) is 49.8 Å². The van der Waals surface area contributed by atoms with E-state index < -0.39 is 0 Å². The van der Waals surface area contributed by atoms with Gasteiger partial charge in [-0.15, -0.1) is 0 Å². The minimum Gasteiger partial charge on any atom is -0.308 e. The average Bonchev–Trinajstić information content (AvgIpc) is 3.03. The minimum absolute atomic E-state index is 0.0158. The molecule has 0 spiro atoms. The van der Waals surface area contributed by atoms with Crippen LogP contribution in [0.15, 0.2) is 42.5 Å². The van der Waals surface area contributed by atoms with Gasteiger partial charge in [0.1, 0.15) is 0 Å². The monoisotopic (exact) mass is 419 g/mol. The zero-order chi connectivity index (χ0) is 22.0. The number of nitrogens with zero attached hydrogens (tertiary/aromatic N) is 1. The highest BCUT2D eigenvalue weighted by atomic mass is 16.2. The highest BCUT2D eigenvalue weighted by Crippen LogP contribution is 2.32. The van der Waals surface area contributed by atoms with Crippen LogP contribution in [0.3, 0.4) is 0 Å². The number of carbonyl (C=O) groups excluding carboxylic acids is 3. The van der Waals surface area contributed by atoms with Gasteiger partial charge in [-0.05, 0) is 55.0 Å². The van der Waals surface area contributed by atoms with Gasteiger partial charge in [0.05, 0.1) is 11.1 Å². The van der Waals surface area contributed by atoms with Crippen molar-refractivity contribution in [2.24, 2.45) is 0 Å². The molecule has 0 radical (unpaired) electrons. The molecule has 1 fully saturated rings. The Labute approximate surface area is 183 Å². The molecule has 4 rings (SSSR count). The molecular formula is C25H29N3O3. The number of hydrogen-bond donors (Lipinski definition) is 2. The summed E-state index contributed by atoms with van der Waals surface area (Å²) in [5.74, 6) is -0.144. The number of benzene rings is 2. The summed E-state index contributed by atoms with van der Waals surface area (Å²) in [5.41, 5.74) is 3.13. The van der Waals surface area contributed by atoms with E-state index in [0.29, 0.717) is 22.7 Å². The molecule has 1 unspecified atom stereocenters. The summed E-state index contributed by atoms with van der Waals surface area (Å²) in [5, 5.41) is 5.71. The molecule has 2 aromatic rings. The molecule has 0 saturated heterocycles. The molecular weight excluding hydrogens is 390 g/mol. The molecule has 2 N–H and O–H groups in total. The van der Waals surface area contributed by atoms with Crippen LogP contribution in [0.5, 0.6) is 0 Å². The maximum atomic E-state index is 13.0. The summed E-state index contributed by atoms with van der Waals surface area (Å²) in [6, 6.07) is 12.3. The molecule has 4 amide bonds. The molecule has 1 aliphatic carbocycles. The van der Waals surface area contributed by atoms with Crippen LogP contribution in [-0.4, -0.2) is 28.8 Å². The van der Waals surface area contributed by atoms with E-state index in [2.05, 4.69) is 24.5 Å². The molecule has 31 heavy (non-hydrogen) atoms. The number of amides is 4. The third kappa shape index (κ3) is 4.20. The Balaban J connectivity index is 1.49. The molecule has 1 heterocycles. The van der Waals surface area contributed by atoms with Crippen molar-refractivity contribution in [3.8, 4) is 0 Å². The Morgan fingerprint density at radius 1 is 1.00 bits per heavy atom. The first-order valence-corrected chi connectivity index (χ1v) is 11.2. The first kappa shape index (κ1) is 21.1. The van der Waals surface area contributed by atoms with Gasteiger partial charge in [0.15, 0.2) is 0 Å². The summed E-state index contributed by atoms with van der Waals surface area (Å²) in [4.78, 5) is 39.8. The molecule has 1 aliphatic heterocycles. The summed E-state index contributed by atoms with van der Waals surface area (Å²) in [6.45, 7) is 4.24. The van der Waals surface area contributed by atoms with Crippen molar-refractivity contribution in [2.75, 3.05) is 10.6 Å². The van der Waals surface area contributed by atoms with E-state index >= 15 is 0 Å². The van der Waals surface area contributed by atoms with Gasteiger partial charge in [0.2, 0.25) is 0 Å². The fourth-order valence-corrected chi connectivity index (χ4v) is 4.55. The standard InChI is InChI=1S/C25H29N3O3/c1-3-16(2)19-11-7-8-12-22(19)27-25(31)26-17-13-14-20-21(15-17)24(30)28(23(20)29)18-9-5-4-6-10-18/h7-8,11-16,18H,3-6,9-10H2,1-2H3,(H2,26,27,31). The van der Waals surface area contributed by atoms with Crippen molar-refractivity contribution in [2.45, 2.75) is 64.3 Å². The fraction of sp³-hybridized carbons (Fsp3) is 0.400.